The topological polar surface area (TPSA) is 897 Å². The van der Waals surface area contributed by atoms with Crippen LogP contribution in [0.15, 0.2) is 20.0 Å². The Morgan fingerprint density at radius 3 is 0.895 bits per heavy atom. The van der Waals surface area contributed by atoms with Gasteiger partial charge in [0.25, 0.3) is 0 Å². The van der Waals surface area contributed by atoms with Crippen LogP contribution < -0.4 is 56.5 Å². The lowest BCUT2D eigenvalue weighted by Gasteiger charge is -2.45. The van der Waals surface area contributed by atoms with E-state index in [2.05, 4.69) is 30.6 Å². The largest absolute Gasteiger partial charge is 0.394 e. The number of aldehydes is 2. The molecular formula is C42H84N14O36S3. The molecule has 2 aliphatic carbocycles. The van der Waals surface area contributed by atoms with E-state index in [1.54, 1.807) is 0 Å². The third kappa shape index (κ3) is 23.6. The quantitative estimate of drug-likeness (QED) is 0.0262. The summed E-state index contributed by atoms with van der Waals surface area (Å²) in [6, 6.07) is -8.16. The number of likely N-dealkylation sites (N-methyl/N-ethyl adjacent to an activating group) is 2. The SMILES string of the molecule is CN[C@H]1[C@@H](O[C@@H]2[C@@H](O[C@H]3[C@H](O)[C@@H](O)[C@H](N=C(N)N)[C@@H](O)[C@@H]3N=C(N)N)O[C@H](C)[C@@]2(O)C=O)O[C@H](CO)[C@@H](O)[C@@H]1O.CN[C@H]1[C@@H](O[C@@H]2[C@@H](O[C@H]3[C@H](O)[C@@H](O)[C@H](N=C(N)N)[C@@H](O)[C@@H]3N=C(N)N)O[C@H](C)[C@@]2(O)C=O)O[C@H](CO)[C@@H](O)[C@@H]1O.O=S(=O)(O)O.O=S(=O)(O)O.O=S(=O)(O)O. The second kappa shape index (κ2) is 35.7. The molecule has 0 spiro atoms. The number of aliphatic hydroxyl groups is 14. The maximum atomic E-state index is 12.1. The summed E-state index contributed by atoms with van der Waals surface area (Å²) in [5.74, 6) is -2.07. The monoisotopic (exact) mass is 1460 g/mol. The van der Waals surface area contributed by atoms with Crippen LogP contribution in [0, 0.1) is 0 Å². The molecule has 4 aliphatic heterocycles. The summed E-state index contributed by atoms with van der Waals surface area (Å²) in [4.78, 5) is 39.4. The number of rotatable bonds is 18. The van der Waals surface area contributed by atoms with E-state index in [9.17, 15) is 81.1 Å². The molecule has 53 heteroatoms. The molecule has 6 rings (SSSR count). The summed E-state index contributed by atoms with van der Waals surface area (Å²) >= 11 is 0. The molecule has 50 nitrogen and oxygen atoms in total. The summed E-state index contributed by atoms with van der Waals surface area (Å²) in [6.07, 6.45) is -34.6. The zero-order chi connectivity index (χ0) is 73.7. The van der Waals surface area contributed by atoms with Gasteiger partial charge in [-0.25, -0.2) is 20.0 Å². The Kier molecular flexibility index (Phi) is 32.4. The van der Waals surface area contributed by atoms with Gasteiger partial charge in [0.15, 0.2) is 72.8 Å². The van der Waals surface area contributed by atoms with Crippen LogP contribution in [0.3, 0.4) is 0 Å². The van der Waals surface area contributed by atoms with E-state index >= 15 is 0 Å². The summed E-state index contributed by atoms with van der Waals surface area (Å²) < 4.78 is 141. The second-order valence-electron chi connectivity index (χ2n) is 21.1. The molecule has 4 saturated heterocycles. The van der Waals surface area contributed by atoms with Gasteiger partial charge in [0.2, 0.25) is 0 Å². The van der Waals surface area contributed by atoms with Gasteiger partial charge in [-0.05, 0) is 27.9 Å². The Bertz CT molecular complexity index is 2680. The Hall–Kier alpha value is -4.93. The molecule has 6 fully saturated rings. The fourth-order valence-corrected chi connectivity index (χ4v) is 10.2. The number of guanidine groups is 4. The summed E-state index contributed by atoms with van der Waals surface area (Å²) in [6.45, 7) is 1.24. The van der Waals surface area contributed by atoms with E-state index in [4.69, 9.17) is 136 Å². The van der Waals surface area contributed by atoms with Gasteiger partial charge in [0.05, 0.1) is 37.5 Å². The zero-order valence-electron chi connectivity index (χ0n) is 49.8. The molecule has 0 amide bonds. The molecule has 0 radical (unpaired) electrons. The molecule has 95 heavy (non-hydrogen) atoms. The van der Waals surface area contributed by atoms with E-state index in [1.165, 1.54) is 27.9 Å². The second-order valence-corrected chi connectivity index (χ2v) is 23.8. The van der Waals surface area contributed by atoms with Crippen LogP contribution >= 0.6 is 0 Å². The van der Waals surface area contributed by atoms with Gasteiger partial charge in [-0.3, -0.25) is 36.9 Å². The van der Waals surface area contributed by atoms with Crippen LogP contribution in [0.25, 0.3) is 0 Å². The molecule has 0 aromatic carbocycles. The third-order valence-electron chi connectivity index (χ3n) is 14.7. The number of aliphatic imine (C=N–C) groups is 4. The Morgan fingerprint density at radius 1 is 0.421 bits per heavy atom. The molecule has 0 aromatic heterocycles. The van der Waals surface area contributed by atoms with Gasteiger partial charge in [0, 0.05) is 0 Å². The van der Waals surface area contributed by atoms with E-state index in [-0.39, 0.29) is 12.6 Å². The molecule has 6 aliphatic rings. The number of ether oxygens (including phenoxy) is 8. The highest BCUT2D eigenvalue weighted by atomic mass is 32.3. The van der Waals surface area contributed by atoms with Crippen molar-refractivity contribution >= 4 is 67.6 Å². The van der Waals surface area contributed by atoms with Crippen molar-refractivity contribution in [2.45, 2.75) is 196 Å². The van der Waals surface area contributed by atoms with Crippen LogP contribution in [-0.4, -0.2) is 370 Å². The van der Waals surface area contributed by atoms with Crippen molar-refractivity contribution in [2.24, 2.45) is 65.8 Å². The Morgan fingerprint density at radius 2 is 0.674 bits per heavy atom. The van der Waals surface area contributed by atoms with Gasteiger partial charge >= 0.3 is 31.2 Å². The van der Waals surface area contributed by atoms with Crippen LogP contribution in [0.4, 0.5) is 0 Å². The number of carbonyl (C=O) groups is 2. The number of carbonyl (C=O) groups excluding carboxylic acids is 2. The highest BCUT2D eigenvalue weighted by Crippen LogP contribution is 2.41. The Balaban J connectivity index is 0.000000531. The molecule has 0 unspecified atom stereocenters. The number of nitrogens with zero attached hydrogens (tertiary/aromatic N) is 4. The molecule has 30 atom stereocenters. The first-order chi connectivity index (χ1) is 43.4. The van der Waals surface area contributed by atoms with Gasteiger partial charge in [-0.1, -0.05) is 0 Å². The molecule has 38 N–H and O–H groups in total. The first-order valence-electron chi connectivity index (χ1n) is 26.9. The fourth-order valence-electron chi connectivity index (χ4n) is 10.2. The minimum atomic E-state index is -4.67. The van der Waals surface area contributed by atoms with Gasteiger partial charge < -0.3 is 166 Å². The first kappa shape index (κ1) is 86.2. The van der Waals surface area contributed by atoms with Crippen LogP contribution in [0.5, 0.6) is 0 Å². The Labute approximate surface area is 537 Å². The smallest absolute Gasteiger partial charge is 0.394 e. The molecule has 0 aromatic rings. The van der Waals surface area contributed by atoms with E-state index in [0.717, 1.165) is 0 Å². The number of aliphatic hydroxyl groups excluding tert-OH is 12. The molecule has 2 saturated carbocycles. The van der Waals surface area contributed by atoms with Gasteiger partial charge in [-0.15, -0.1) is 0 Å². The lowest BCUT2D eigenvalue weighted by molar-refractivity contribution is -0.314. The van der Waals surface area contributed by atoms with Crippen molar-refractivity contribution in [3.8, 4) is 0 Å². The van der Waals surface area contributed by atoms with Gasteiger partial charge in [-0.2, -0.15) is 25.3 Å². The molecule has 0 bridgehead atoms. The standard InChI is InChI=1S/2C21H39N7O12.3H2O4S/c2*1-5-21(36,4-30)16(40-17-9(26-2)13(34)10(31)6(3-29)38-17)18(37-5)39-15-8(28-20(24)25)11(32)7(27-19(22)23)12(33)14(15)35;3*1-5(2,3)4/h2*4-18,26,29,31-36H,3H2,1-2H3,(H4,22,23,27)(H4,24,25,28);3*(H2,1,2,3,4)/t2*5-,6-,7-,8+,9-,10-,11-,12+,13-,14-,15-,16-,17-,18-,21+;;;/m11.../s1. The first-order valence-corrected chi connectivity index (χ1v) is 31.0. The van der Waals surface area contributed by atoms with Gasteiger partial charge in [0.1, 0.15) is 122 Å². The normalized spacial score (nSPS) is 41.8. The highest BCUT2D eigenvalue weighted by Gasteiger charge is 2.63. The average Bonchev–Trinajstić information content (AvgIpc) is 1.68. The number of nitrogens with one attached hydrogen (secondary N) is 2. The number of nitrogens with two attached hydrogens (primary N) is 8. The minimum absolute atomic E-state index is 0.140. The van der Waals surface area contributed by atoms with Crippen molar-refractivity contribution in [3.63, 3.8) is 0 Å². The predicted octanol–water partition coefficient (Wildman–Crippen LogP) is -18.3. The summed E-state index contributed by atoms with van der Waals surface area (Å²) in [5.41, 5.74) is 38.8. The van der Waals surface area contributed by atoms with Crippen molar-refractivity contribution in [3.05, 3.63) is 0 Å². The molecule has 4 heterocycles. The maximum Gasteiger partial charge on any atom is 0.394 e. The van der Waals surface area contributed by atoms with E-state index in [0.29, 0.717) is 0 Å². The lowest BCUT2D eigenvalue weighted by atomic mass is 9.81. The minimum Gasteiger partial charge on any atom is -0.394 e. The highest BCUT2D eigenvalue weighted by molar-refractivity contribution is 7.80. The lowest BCUT2D eigenvalue weighted by Crippen LogP contribution is -2.66. The maximum absolute atomic E-state index is 12.1. The average molecular weight is 1460 g/mol. The molecule has 556 valence electrons. The van der Waals surface area contributed by atoms with Crippen LogP contribution in [0.1, 0.15) is 13.8 Å². The summed E-state index contributed by atoms with van der Waals surface area (Å²) in [5, 5.41) is 153. The van der Waals surface area contributed by atoms with Crippen molar-refractivity contribution in [1.29, 1.82) is 0 Å². The van der Waals surface area contributed by atoms with Crippen molar-refractivity contribution < 1.29 is 172 Å². The number of hydrogen-bond donors (Lipinski definition) is 30. The van der Waals surface area contributed by atoms with E-state index in [1.807, 2.05) is 0 Å². The summed E-state index contributed by atoms with van der Waals surface area (Å²) in [7, 11) is -11.2. The number of hydrogen-bond acceptors (Lipinski definition) is 36. The van der Waals surface area contributed by atoms with Crippen molar-refractivity contribution in [2.75, 3.05) is 27.3 Å². The van der Waals surface area contributed by atoms with E-state index < -0.39 is 251 Å². The fraction of sp³-hybridized carbons (Fsp3) is 0.857. The van der Waals surface area contributed by atoms with Crippen LogP contribution in [-0.2, 0) is 78.7 Å². The molecular weight excluding hydrogens is 1370 g/mol. The van der Waals surface area contributed by atoms with Crippen molar-refractivity contribution in [1.82, 2.24) is 10.6 Å². The third-order valence-corrected chi connectivity index (χ3v) is 14.7. The predicted molar refractivity (Wildman–Crippen MR) is 308 cm³/mol. The van der Waals surface area contributed by atoms with Crippen LogP contribution in [0.2, 0.25) is 0 Å². The zero-order valence-corrected chi connectivity index (χ0v) is 52.3.